The van der Waals surface area contributed by atoms with E-state index in [2.05, 4.69) is 15.5 Å². The van der Waals surface area contributed by atoms with Gasteiger partial charge in [0.25, 0.3) is 11.8 Å². The number of urea groups is 1. The third-order valence-corrected chi connectivity index (χ3v) is 5.05. The summed E-state index contributed by atoms with van der Waals surface area (Å²) >= 11 is 6.14. The van der Waals surface area contributed by atoms with E-state index in [9.17, 15) is 9.59 Å². The normalized spacial score (nSPS) is 18.6. The Balaban J connectivity index is 1.59. The molecule has 1 atom stereocenters. The van der Waals surface area contributed by atoms with Crippen LogP contribution in [0.1, 0.15) is 23.9 Å². The minimum atomic E-state index is -1.29. The van der Waals surface area contributed by atoms with Crippen molar-refractivity contribution in [2.45, 2.75) is 19.0 Å². The molecule has 9 heteroatoms. The summed E-state index contributed by atoms with van der Waals surface area (Å²) in [6.07, 6.45) is 0. The van der Waals surface area contributed by atoms with E-state index in [0.29, 0.717) is 21.7 Å². The molecule has 3 aromatic rings. The summed E-state index contributed by atoms with van der Waals surface area (Å²) in [5, 5.41) is 16.1. The van der Waals surface area contributed by atoms with E-state index in [-0.39, 0.29) is 18.3 Å². The van der Waals surface area contributed by atoms with Crippen LogP contribution in [0.4, 0.5) is 4.79 Å². The molecule has 0 bridgehead atoms. The third kappa shape index (κ3) is 3.22. The number of halogens is 1. The highest BCUT2D eigenvalue weighted by molar-refractivity contribution is 6.33. The van der Waals surface area contributed by atoms with Gasteiger partial charge in [-0.2, -0.15) is 10.2 Å². The van der Waals surface area contributed by atoms with Crippen LogP contribution >= 0.6 is 11.6 Å². The van der Waals surface area contributed by atoms with E-state index >= 15 is 0 Å². The molecule has 1 aromatic heterocycles. The number of nitrogens with zero attached hydrogens (tertiary/aromatic N) is 4. The van der Waals surface area contributed by atoms with Crippen LogP contribution in [0.5, 0.6) is 0 Å². The van der Waals surface area contributed by atoms with Gasteiger partial charge in [0.1, 0.15) is 5.54 Å². The zero-order valence-corrected chi connectivity index (χ0v) is 16.0. The molecule has 3 amide bonds. The number of carbonyl (C=O) groups is 2. The number of amides is 3. The first kappa shape index (κ1) is 18.7. The predicted molar refractivity (Wildman–Crippen MR) is 102 cm³/mol. The van der Waals surface area contributed by atoms with Crippen molar-refractivity contribution < 1.29 is 14.1 Å². The van der Waals surface area contributed by atoms with Crippen molar-refractivity contribution in [1.82, 2.24) is 20.4 Å². The second kappa shape index (κ2) is 7.04. The van der Waals surface area contributed by atoms with Crippen molar-refractivity contribution in [2.24, 2.45) is 0 Å². The molecule has 1 saturated heterocycles. The van der Waals surface area contributed by atoms with Crippen LogP contribution in [0.15, 0.2) is 53.1 Å². The van der Waals surface area contributed by atoms with Crippen LogP contribution in [0.2, 0.25) is 5.02 Å². The van der Waals surface area contributed by atoms with Gasteiger partial charge >= 0.3 is 6.03 Å². The molecule has 4 rings (SSSR count). The van der Waals surface area contributed by atoms with Crippen LogP contribution < -0.4 is 5.32 Å². The maximum absolute atomic E-state index is 13.0. The summed E-state index contributed by atoms with van der Waals surface area (Å²) in [6.45, 7) is 1.43. The highest BCUT2D eigenvalue weighted by Crippen LogP contribution is 2.31. The second-order valence-corrected chi connectivity index (χ2v) is 7.04. The van der Waals surface area contributed by atoms with Crippen molar-refractivity contribution in [3.05, 3.63) is 70.5 Å². The summed E-state index contributed by atoms with van der Waals surface area (Å²) in [4.78, 5) is 30.8. The van der Waals surface area contributed by atoms with E-state index in [4.69, 9.17) is 21.4 Å². The molecule has 2 aromatic carbocycles. The number of hydrogen-bond acceptors (Lipinski definition) is 6. The molecular weight excluding hydrogens is 394 g/mol. The quantitative estimate of drug-likeness (QED) is 0.664. The van der Waals surface area contributed by atoms with Crippen molar-refractivity contribution in [1.29, 1.82) is 5.26 Å². The maximum Gasteiger partial charge on any atom is 0.325 e. The topological polar surface area (TPSA) is 112 Å². The molecule has 1 aliphatic heterocycles. The number of nitrogens with one attached hydrogen (secondary N) is 1. The second-order valence-electron chi connectivity index (χ2n) is 6.63. The van der Waals surface area contributed by atoms with Gasteiger partial charge in [-0.05, 0) is 36.8 Å². The third-order valence-electron chi connectivity index (χ3n) is 4.72. The van der Waals surface area contributed by atoms with Crippen LogP contribution in [-0.4, -0.2) is 27.0 Å². The molecule has 1 N–H and O–H groups in total. The SMILES string of the molecule is CC1(c2cccc(C#N)c2)NC(=O)N(Cc2noc(-c3ccccc3Cl)n2)C1=O. The lowest BCUT2D eigenvalue weighted by atomic mass is 9.91. The number of hydrogen-bond donors (Lipinski definition) is 1. The minimum absolute atomic E-state index is 0.161. The lowest BCUT2D eigenvalue weighted by Gasteiger charge is -2.22. The lowest BCUT2D eigenvalue weighted by molar-refractivity contribution is -0.131. The number of imide groups is 1. The Hall–Kier alpha value is -3.70. The molecule has 1 unspecified atom stereocenters. The molecule has 144 valence electrons. The summed E-state index contributed by atoms with van der Waals surface area (Å²) in [6, 6.07) is 15.0. The molecule has 0 radical (unpaired) electrons. The Morgan fingerprint density at radius 3 is 2.79 bits per heavy atom. The van der Waals surface area contributed by atoms with Gasteiger partial charge in [0.05, 0.1) is 28.8 Å². The van der Waals surface area contributed by atoms with Crippen LogP contribution in [0, 0.1) is 11.3 Å². The van der Waals surface area contributed by atoms with Gasteiger partial charge in [0.15, 0.2) is 5.82 Å². The standard InChI is InChI=1S/C20H14ClN5O3/c1-20(13-6-4-5-12(9-13)10-22)18(27)26(19(28)24-20)11-16-23-17(29-25-16)14-7-2-3-8-15(14)21/h2-9H,11H2,1H3,(H,24,28). The van der Waals surface area contributed by atoms with Crippen LogP contribution in [0.3, 0.4) is 0 Å². The van der Waals surface area contributed by atoms with E-state index in [0.717, 1.165) is 4.90 Å². The Labute approximate surface area is 170 Å². The zero-order valence-electron chi connectivity index (χ0n) is 15.2. The fourth-order valence-corrected chi connectivity index (χ4v) is 3.36. The first-order valence-electron chi connectivity index (χ1n) is 8.64. The highest BCUT2D eigenvalue weighted by Gasteiger charge is 2.49. The molecular formula is C20H14ClN5O3. The molecule has 0 saturated carbocycles. The summed E-state index contributed by atoms with van der Waals surface area (Å²) in [5.41, 5.74) is 0.177. The summed E-state index contributed by atoms with van der Waals surface area (Å²) in [7, 11) is 0. The zero-order chi connectivity index (χ0) is 20.6. The van der Waals surface area contributed by atoms with Gasteiger partial charge in [-0.15, -0.1) is 0 Å². The molecule has 29 heavy (non-hydrogen) atoms. The molecule has 1 fully saturated rings. The molecule has 0 aliphatic carbocycles. The fraction of sp³-hybridized carbons (Fsp3) is 0.150. The number of carbonyl (C=O) groups excluding carboxylic acids is 2. The average molecular weight is 408 g/mol. The van der Waals surface area contributed by atoms with Gasteiger partial charge in [-0.3, -0.25) is 9.69 Å². The Bertz CT molecular complexity index is 1170. The average Bonchev–Trinajstić information content (AvgIpc) is 3.27. The fourth-order valence-electron chi connectivity index (χ4n) is 3.14. The van der Waals surface area contributed by atoms with Crippen molar-refractivity contribution in [3.8, 4) is 17.5 Å². The minimum Gasteiger partial charge on any atom is -0.334 e. The number of rotatable bonds is 4. The Kier molecular flexibility index (Phi) is 4.53. The molecule has 2 heterocycles. The first-order valence-corrected chi connectivity index (χ1v) is 9.02. The highest BCUT2D eigenvalue weighted by atomic mass is 35.5. The first-order chi connectivity index (χ1) is 13.9. The van der Waals surface area contributed by atoms with Crippen molar-refractivity contribution in [2.75, 3.05) is 0 Å². The summed E-state index contributed by atoms with van der Waals surface area (Å²) < 4.78 is 5.23. The van der Waals surface area contributed by atoms with Gasteiger partial charge in [0, 0.05) is 0 Å². The molecule has 1 aliphatic rings. The van der Waals surface area contributed by atoms with E-state index in [1.54, 1.807) is 55.5 Å². The van der Waals surface area contributed by atoms with Crippen molar-refractivity contribution in [3.63, 3.8) is 0 Å². The van der Waals surface area contributed by atoms with Gasteiger partial charge in [0.2, 0.25) is 0 Å². The smallest absolute Gasteiger partial charge is 0.325 e. The Morgan fingerprint density at radius 2 is 2.03 bits per heavy atom. The van der Waals surface area contributed by atoms with Crippen LogP contribution in [0.25, 0.3) is 11.5 Å². The van der Waals surface area contributed by atoms with Gasteiger partial charge in [-0.1, -0.05) is 41.0 Å². The van der Waals surface area contributed by atoms with E-state index in [1.165, 1.54) is 0 Å². The maximum atomic E-state index is 13.0. The predicted octanol–water partition coefficient (Wildman–Crippen LogP) is 3.23. The number of aromatic nitrogens is 2. The van der Waals surface area contributed by atoms with Crippen molar-refractivity contribution >= 4 is 23.5 Å². The number of benzene rings is 2. The monoisotopic (exact) mass is 407 g/mol. The largest absolute Gasteiger partial charge is 0.334 e. The van der Waals surface area contributed by atoms with E-state index in [1.807, 2.05) is 6.07 Å². The molecule has 8 nitrogen and oxygen atoms in total. The van der Waals surface area contributed by atoms with Crippen LogP contribution in [-0.2, 0) is 16.9 Å². The van der Waals surface area contributed by atoms with Gasteiger partial charge < -0.3 is 9.84 Å². The Morgan fingerprint density at radius 1 is 1.24 bits per heavy atom. The van der Waals surface area contributed by atoms with Gasteiger partial charge in [-0.25, -0.2) is 4.79 Å². The van der Waals surface area contributed by atoms with E-state index < -0.39 is 17.5 Å². The lowest BCUT2D eigenvalue weighted by Crippen LogP contribution is -2.40. The summed E-state index contributed by atoms with van der Waals surface area (Å²) in [5.74, 6) is -0.109. The molecule has 0 spiro atoms. The number of nitriles is 1.